The largest absolute Gasteiger partial charge is 0.412 e. The Kier molecular flexibility index (Phi) is 18.5. The number of nitrogens with one attached hydrogen (secondary N) is 3. The van der Waals surface area contributed by atoms with Crippen molar-refractivity contribution in [2.75, 3.05) is 13.6 Å². The molecule has 0 saturated heterocycles. The number of hydroxylamine groups is 1. The van der Waals surface area contributed by atoms with Crippen LogP contribution >= 0.6 is 12.2 Å². The van der Waals surface area contributed by atoms with E-state index in [1.807, 2.05) is 0 Å². The minimum absolute atomic E-state index is 0.109. The van der Waals surface area contributed by atoms with Gasteiger partial charge in [0.25, 0.3) is 5.91 Å². The predicted molar refractivity (Wildman–Crippen MR) is 162 cm³/mol. The number of rotatable bonds is 11. The highest BCUT2D eigenvalue weighted by Crippen LogP contribution is 2.28. The molecule has 0 unspecified atom stereocenters. The molecule has 7 nitrogen and oxygen atoms in total. The average molecular weight is 631 g/mol. The first-order chi connectivity index (χ1) is 20.2. The molecule has 2 aromatic carbocycles. The van der Waals surface area contributed by atoms with Crippen LogP contribution in [0.15, 0.2) is 59.8 Å². The van der Waals surface area contributed by atoms with Crippen molar-refractivity contribution in [1.82, 2.24) is 21.2 Å². The number of carbonyl (C=O) groups excluding carboxylic acids is 2. The smallest absolute Gasteiger partial charge is 0.354 e. The van der Waals surface area contributed by atoms with Crippen molar-refractivity contribution in [1.29, 1.82) is 0 Å². The van der Waals surface area contributed by atoms with E-state index in [9.17, 15) is 31.5 Å². The van der Waals surface area contributed by atoms with E-state index < -0.39 is 29.3 Å². The van der Waals surface area contributed by atoms with Gasteiger partial charge in [0.15, 0.2) is 0 Å². The molecule has 0 aliphatic heterocycles. The number of thiocarbonyl (C=S) groups is 1. The van der Waals surface area contributed by atoms with Crippen LogP contribution < -0.4 is 16.2 Å². The molecular formula is C30H39F5N4O3S. The number of hydrazine groups is 1. The maximum Gasteiger partial charge on any atom is 0.412 e. The van der Waals surface area contributed by atoms with Crippen molar-refractivity contribution >= 4 is 29.4 Å². The Morgan fingerprint density at radius 2 is 1.67 bits per heavy atom. The SMILES string of the molecule is CC(=S)c1c(F)cccc1-c1ccc(CNC=O)c(F)c1.CCCC.CCN(C)NC(=O)C(=C/NO)/C=C(\C)C(F)(F)F. The number of alkyl halides is 3. The molecule has 2 amide bonds. The van der Waals surface area contributed by atoms with Crippen molar-refractivity contribution < 1.29 is 36.7 Å². The van der Waals surface area contributed by atoms with Crippen LogP contribution in [0.25, 0.3) is 11.1 Å². The van der Waals surface area contributed by atoms with Crippen LogP contribution in [0.1, 0.15) is 58.6 Å². The number of hydrogen-bond acceptors (Lipinski definition) is 6. The van der Waals surface area contributed by atoms with Gasteiger partial charge in [-0.25, -0.2) is 13.8 Å². The number of nitrogens with zero attached hydrogens (tertiary/aromatic N) is 1. The molecule has 0 spiro atoms. The van der Waals surface area contributed by atoms with Crippen molar-refractivity contribution in [2.24, 2.45) is 0 Å². The molecule has 0 bridgehead atoms. The van der Waals surface area contributed by atoms with Crippen molar-refractivity contribution in [3.8, 4) is 11.1 Å². The van der Waals surface area contributed by atoms with Gasteiger partial charge in [0.1, 0.15) is 11.6 Å². The van der Waals surface area contributed by atoms with E-state index in [-0.39, 0.29) is 12.1 Å². The molecule has 0 aliphatic rings. The molecule has 0 saturated carbocycles. The Hall–Kier alpha value is -3.68. The highest BCUT2D eigenvalue weighted by Gasteiger charge is 2.30. The van der Waals surface area contributed by atoms with E-state index in [1.165, 1.54) is 30.0 Å². The molecule has 0 radical (unpaired) electrons. The van der Waals surface area contributed by atoms with Gasteiger partial charge in [-0.2, -0.15) is 13.2 Å². The molecule has 238 valence electrons. The fraction of sp³-hybridized carbons (Fsp3) is 0.367. The summed E-state index contributed by atoms with van der Waals surface area (Å²) in [6, 6.07) is 9.15. The van der Waals surface area contributed by atoms with Gasteiger partial charge in [0.2, 0.25) is 6.41 Å². The minimum atomic E-state index is -4.52. The first kappa shape index (κ1) is 39.3. The Balaban J connectivity index is 0.000000738. The zero-order valence-corrected chi connectivity index (χ0v) is 25.9. The minimum Gasteiger partial charge on any atom is -0.354 e. The summed E-state index contributed by atoms with van der Waals surface area (Å²) in [5.74, 6) is -1.64. The number of unbranched alkanes of at least 4 members (excludes halogenated alkanes) is 1. The third-order valence-corrected chi connectivity index (χ3v) is 5.88. The molecule has 0 aromatic heterocycles. The molecule has 0 atom stereocenters. The van der Waals surface area contributed by atoms with Gasteiger partial charge in [-0.05, 0) is 43.2 Å². The van der Waals surface area contributed by atoms with Crippen LogP contribution in [0.2, 0.25) is 0 Å². The Bertz CT molecular complexity index is 1260. The van der Waals surface area contributed by atoms with Crippen molar-refractivity contribution in [3.63, 3.8) is 0 Å². The molecule has 13 heteroatoms. The standard InChI is InChI=1S/C16H13F2NOS.C10H16F3N3O2.C4H10/c1-10(21)16-13(3-2-4-14(16)17)11-5-6-12(8-19-9-20)15(18)7-11;1-4-16(3)15-9(17)8(6-14-18)5-7(2)10(11,12)13;1-3-4-2/h2-7,9H,8H2,1H3,(H,19,20);5-6,14,18H,4H2,1-3H3,(H,15,17);3-4H2,1-2H3/b;7-5+,8-6+;. The fourth-order valence-electron chi connectivity index (χ4n) is 3.01. The first-order valence-electron chi connectivity index (χ1n) is 13.3. The van der Waals surface area contributed by atoms with Crippen LogP contribution in [-0.4, -0.2) is 47.2 Å². The zero-order valence-electron chi connectivity index (χ0n) is 25.0. The van der Waals surface area contributed by atoms with Crippen molar-refractivity contribution in [3.05, 3.63) is 82.6 Å². The summed E-state index contributed by atoms with van der Waals surface area (Å²) in [5, 5.41) is 12.3. The van der Waals surface area contributed by atoms with E-state index in [2.05, 4.69) is 24.6 Å². The lowest BCUT2D eigenvalue weighted by Crippen LogP contribution is -2.39. The third kappa shape index (κ3) is 14.4. The molecular weight excluding hydrogens is 591 g/mol. The second-order valence-corrected chi connectivity index (χ2v) is 9.64. The van der Waals surface area contributed by atoms with Gasteiger partial charge >= 0.3 is 6.18 Å². The van der Waals surface area contributed by atoms with Crippen molar-refractivity contribution in [2.45, 2.75) is 60.2 Å². The van der Waals surface area contributed by atoms with Crippen LogP contribution in [0.5, 0.6) is 0 Å². The zero-order chi connectivity index (χ0) is 33.2. The molecule has 0 fully saturated rings. The second-order valence-electron chi connectivity index (χ2n) is 9.03. The summed E-state index contributed by atoms with van der Waals surface area (Å²) in [6.07, 6.45) is 0.0369. The summed E-state index contributed by atoms with van der Waals surface area (Å²) in [5.41, 5.74) is 4.36. The van der Waals surface area contributed by atoms with Gasteiger partial charge in [0.05, 0.1) is 5.57 Å². The number of hydrogen-bond donors (Lipinski definition) is 4. The van der Waals surface area contributed by atoms with E-state index in [0.717, 1.165) is 13.1 Å². The second kappa shape index (κ2) is 20.3. The number of benzene rings is 2. The summed E-state index contributed by atoms with van der Waals surface area (Å²) < 4.78 is 64.9. The van der Waals surface area contributed by atoms with E-state index >= 15 is 0 Å². The van der Waals surface area contributed by atoms with E-state index in [0.29, 0.717) is 46.1 Å². The van der Waals surface area contributed by atoms with E-state index in [1.54, 1.807) is 50.6 Å². The molecule has 0 aliphatic carbocycles. The van der Waals surface area contributed by atoms with E-state index in [4.69, 9.17) is 17.4 Å². The maximum absolute atomic E-state index is 14.0. The average Bonchev–Trinajstić information content (AvgIpc) is 2.95. The molecule has 0 heterocycles. The predicted octanol–water partition coefficient (Wildman–Crippen LogP) is 6.76. The molecule has 2 rings (SSSR count). The number of amides is 2. The van der Waals surface area contributed by atoms with Crippen LogP contribution in [-0.2, 0) is 16.1 Å². The van der Waals surface area contributed by atoms with Gasteiger partial charge in [-0.15, -0.1) is 0 Å². The number of carbonyl (C=O) groups is 2. The van der Waals surface area contributed by atoms with Gasteiger partial charge in [-0.1, -0.05) is 70.1 Å². The first-order valence-corrected chi connectivity index (χ1v) is 13.7. The summed E-state index contributed by atoms with van der Waals surface area (Å²) in [7, 11) is 1.56. The van der Waals surface area contributed by atoms with Gasteiger partial charge in [0, 0.05) is 47.9 Å². The van der Waals surface area contributed by atoms with Crippen LogP contribution in [0.3, 0.4) is 0 Å². The topological polar surface area (TPSA) is 93.7 Å². The molecule has 43 heavy (non-hydrogen) atoms. The Labute approximate surface area is 254 Å². The van der Waals surface area contributed by atoms with Crippen LogP contribution in [0, 0.1) is 11.6 Å². The fourth-order valence-corrected chi connectivity index (χ4v) is 3.21. The quantitative estimate of drug-likeness (QED) is 0.0417. The highest BCUT2D eigenvalue weighted by molar-refractivity contribution is 7.80. The number of halogens is 5. The summed E-state index contributed by atoms with van der Waals surface area (Å²) >= 11 is 5.07. The summed E-state index contributed by atoms with van der Waals surface area (Å²) in [6.45, 7) is 9.17. The number of allylic oxidation sites excluding steroid dienone is 1. The lowest BCUT2D eigenvalue weighted by molar-refractivity contribution is -0.121. The lowest BCUT2D eigenvalue weighted by Gasteiger charge is -2.16. The van der Waals surface area contributed by atoms with Gasteiger partial charge < -0.3 is 5.32 Å². The third-order valence-electron chi connectivity index (χ3n) is 5.67. The molecule has 4 N–H and O–H groups in total. The normalized spacial score (nSPS) is 11.5. The monoisotopic (exact) mass is 630 g/mol. The maximum atomic E-state index is 14.0. The lowest BCUT2D eigenvalue weighted by atomic mass is 9.96. The van der Waals surface area contributed by atoms with Crippen LogP contribution in [0.4, 0.5) is 22.0 Å². The summed E-state index contributed by atoms with van der Waals surface area (Å²) in [4.78, 5) is 22.2. The Morgan fingerprint density at radius 3 is 2.14 bits per heavy atom. The Morgan fingerprint density at radius 1 is 1.05 bits per heavy atom. The highest BCUT2D eigenvalue weighted by atomic mass is 32.1. The molecule has 2 aromatic rings. The van der Waals surface area contributed by atoms with Gasteiger partial charge in [-0.3, -0.25) is 25.7 Å².